The van der Waals surface area contributed by atoms with Gasteiger partial charge in [0.2, 0.25) is 11.8 Å². The number of para-hydroxylation sites is 1. The summed E-state index contributed by atoms with van der Waals surface area (Å²) in [4.78, 5) is 41.1. The van der Waals surface area contributed by atoms with E-state index in [4.69, 9.17) is 15.2 Å². The van der Waals surface area contributed by atoms with Crippen LogP contribution in [0.1, 0.15) is 35.6 Å². The van der Waals surface area contributed by atoms with Gasteiger partial charge in [0.05, 0.1) is 18.1 Å². The van der Waals surface area contributed by atoms with Crippen LogP contribution >= 0.6 is 0 Å². The number of nitrogens with one attached hydrogen (secondary N) is 2. The van der Waals surface area contributed by atoms with Gasteiger partial charge >= 0.3 is 5.97 Å². The summed E-state index contributed by atoms with van der Waals surface area (Å²) in [7, 11) is 0. The smallest absolute Gasteiger partial charge is 0.340 e. The van der Waals surface area contributed by atoms with E-state index in [0.29, 0.717) is 16.9 Å². The van der Waals surface area contributed by atoms with Crippen molar-refractivity contribution in [2.75, 3.05) is 11.9 Å². The van der Waals surface area contributed by atoms with E-state index in [9.17, 15) is 14.4 Å². The third kappa shape index (κ3) is 2.65. The number of carbonyl (C=O) groups is 2. The Hall–Kier alpha value is -3.55. The lowest BCUT2D eigenvalue weighted by atomic mass is 9.76. The molecule has 0 unspecified atom stereocenters. The number of carbonyl (C=O) groups excluding carboxylic acids is 2. The van der Waals surface area contributed by atoms with Crippen LogP contribution in [-0.2, 0) is 14.3 Å². The van der Waals surface area contributed by atoms with Crippen molar-refractivity contribution in [3.8, 4) is 5.75 Å². The number of aryl methyl sites for hydroxylation is 1. The minimum absolute atomic E-state index is 0.0273. The minimum Gasteiger partial charge on any atom is -0.462 e. The average molecular weight is 381 g/mol. The zero-order valence-corrected chi connectivity index (χ0v) is 15.4. The maximum atomic E-state index is 12.9. The lowest BCUT2D eigenvalue weighted by Crippen LogP contribution is -2.36. The molecule has 2 aliphatic heterocycles. The number of aromatic amines is 1. The van der Waals surface area contributed by atoms with Crippen molar-refractivity contribution >= 4 is 17.6 Å². The summed E-state index contributed by atoms with van der Waals surface area (Å²) in [5.74, 6) is -2.73. The quantitative estimate of drug-likeness (QED) is 0.694. The monoisotopic (exact) mass is 381 g/mol. The fraction of sp³-hybridized carbons (Fsp3) is 0.250. The Morgan fingerprint density at radius 2 is 2.00 bits per heavy atom. The van der Waals surface area contributed by atoms with Gasteiger partial charge in [0, 0.05) is 23.4 Å². The fourth-order valence-electron chi connectivity index (χ4n) is 3.85. The van der Waals surface area contributed by atoms with Crippen molar-refractivity contribution in [1.82, 2.24) is 4.98 Å². The summed E-state index contributed by atoms with van der Waals surface area (Å²) in [5, 5.41) is 2.81. The summed E-state index contributed by atoms with van der Waals surface area (Å²) in [6.07, 6.45) is 0. The van der Waals surface area contributed by atoms with Crippen LogP contribution in [-0.4, -0.2) is 23.5 Å². The molecule has 2 atom stereocenters. The second kappa shape index (κ2) is 6.56. The molecule has 0 aliphatic carbocycles. The van der Waals surface area contributed by atoms with Crippen LogP contribution in [0.25, 0.3) is 0 Å². The molecule has 1 aromatic carbocycles. The summed E-state index contributed by atoms with van der Waals surface area (Å²) in [6, 6.07) is 8.77. The minimum atomic E-state index is -0.934. The predicted molar refractivity (Wildman–Crippen MR) is 101 cm³/mol. The Balaban J connectivity index is 1.98. The van der Waals surface area contributed by atoms with Crippen LogP contribution in [0.4, 0.5) is 5.69 Å². The average Bonchev–Trinajstić information content (AvgIpc) is 2.95. The number of hydrogen-bond donors (Lipinski definition) is 3. The normalized spacial score (nSPS) is 20.1. The Kier molecular flexibility index (Phi) is 4.18. The summed E-state index contributed by atoms with van der Waals surface area (Å²) >= 11 is 0. The number of hydrogen-bond acceptors (Lipinski definition) is 6. The van der Waals surface area contributed by atoms with E-state index in [1.54, 1.807) is 44.2 Å². The zero-order chi connectivity index (χ0) is 20.0. The Labute approximate surface area is 160 Å². The first kappa shape index (κ1) is 17.8. The van der Waals surface area contributed by atoms with E-state index < -0.39 is 23.4 Å². The van der Waals surface area contributed by atoms with Crippen molar-refractivity contribution in [1.29, 1.82) is 0 Å². The number of rotatable bonds is 3. The topological polar surface area (TPSA) is 124 Å². The van der Waals surface area contributed by atoms with Crippen molar-refractivity contribution in [2.24, 2.45) is 5.73 Å². The van der Waals surface area contributed by atoms with E-state index in [0.717, 1.165) is 0 Å². The first-order chi connectivity index (χ1) is 13.4. The largest absolute Gasteiger partial charge is 0.462 e. The fourth-order valence-corrected chi connectivity index (χ4v) is 3.85. The lowest BCUT2D eigenvalue weighted by molar-refractivity contribution is -0.139. The van der Waals surface area contributed by atoms with Gasteiger partial charge in [-0.05, 0) is 25.5 Å². The molecule has 0 bridgehead atoms. The van der Waals surface area contributed by atoms with Gasteiger partial charge in [-0.1, -0.05) is 18.2 Å². The van der Waals surface area contributed by atoms with E-state index in [1.807, 2.05) is 0 Å². The van der Waals surface area contributed by atoms with Crippen LogP contribution in [0.5, 0.6) is 5.75 Å². The van der Waals surface area contributed by atoms with Crippen molar-refractivity contribution in [3.63, 3.8) is 0 Å². The Morgan fingerprint density at radius 1 is 1.25 bits per heavy atom. The van der Waals surface area contributed by atoms with Gasteiger partial charge in [-0.25, -0.2) is 4.79 Å². The van der Waals surface area contributed by atoms with Crippen LogP contribution < -0.4 is 21.3 Å². The summed E-state index contributed by atoms with van der Waals surface area (Å²) < 4.78 is 10.7. The predicted octanol–water partition coefficient (Wildman–Crippen LogP) is 1.63. The highest BCUT2D eigenvalue weighted by atomic mass is 16.5. The molecule has 2 aromatic rings. The SMILES string of the molecule is CCOC(=O)C1=C(N)Oc2cc(C)[nH]c(=O)c2[C@H]1[C@H]1C(=O)Nc2ccccc21. The second-order valence-electron chi connectivity index (χ2n) is 6.69. The number of esters is 1. The van der Waals surface area contributed by atoms with Gasteiger partial charge in [-0.3, -0.25) is 9.59 Å². The van der Waals surface area contributed by atoms with Crippen LogP contribution in [0.15, 0.2) is 46.6 Å². The molecule has 0 saturated heterocycles. The molecule has 1 aromatic heterocycles. The molecule has 28 heavy (non-hydrogen) atoms. The molecule has 0 saturated carbocycles. The molecule has 0 fully saturated rings. The van der Waals surface area contributed by atoms with Crippen LogP contribution in [0.3, 0.4) is 0 Å². The molecule has 4 N–H and O–H groups in total. The molecule has 1 amide bonds. The maximum Gasteiger partial charge on any atom is 0.340 e. The zero-order valence-electron chi connectivity index (χ0n) is 15.4. The Bertz CT molecular complexity index is 1090. The third-order valence-electron chi connectivity index (χ3n) is 4.94. The third-order valence-corrected chi connectivity index (χ3v) is 4.94. The Morgan fingerprint density at radius 3 is 2.75 bits per heavy atom. The number of amides is 1. The number of nitrogens with two attached hydrogens (primary N) is 1. The molecule has 0 radical (unpaired) electrons. The summed E-state index contributed by atoms with van der Waals surface area (Å²) in [6.45, 7) is 3.49. The maximum absolute atomic E-state index is 12.9. The number of benzene rings is 1. The standard InChI is InChI=1S/C20H19N3O5/c1-3-27-20(26)16-15(13-10-6-4-5-7-11(10)23-18(13)24)14-12(28-17(16)21)8-9(2)22-19(14)25/h4-8,13,15H,3,21H2,1-2H3,(H,22,25)(H,23,24)/t13-,15+/m0/s1. The van der Waals surface area contributed by atoms with E-state index in [1.165, 1.54) is 0 Å². The first-order valence-electron chi connectivity index (χ1n) is 8.90. The molecule has 4 rings (SSSR count). The van der Waals surface area contributed by atoms with E-state index in [-0.39, 0.29) is 35.3 Å². The van der Waals surface area contributed by atoms with Crippen molar-refractivity contribution in [3.05, 3.63) is 69.0 Å². The van der Waals surface area contributed by atoms with Gasteiger partial charge in [-0.2, -0.15) is 0 Å². The molecule has 8 heteroatoms. The van der Waals surface area contributed by atoms with Gasteiger partial charge in [0.25, 0.3) is 5.56 Å². The van der Waals surface area contributed by atoms with Crippen LogP contribution in [0.2, 0.25) is 0 Å². The molecule has 0 spiro atoms. The number of fused-ring (bicyclic) bond motifs is 2. The number of anilines is 1. The van der Waals surface area contributed by atoms with Gasteiger partial charge in [0.15, 0.2) is 0 Å². The number of ether oxygens (including phenoxy) is 2. The highest BCUT2D eigenvalue weighted by Crippen LogP contribution is 2.49. The second-order valence-corrected chi connectivity index (χ2v) is 6.69. The lowest BCUT2D eigenvalue weighted by Gasteiger charge is -2.30. The van der Waals surface area contributed by atoms with E-state index in [2.05, 4.69) is 10.3 Å². The number of H-pyrrole nitrogens is 1. The van der Waals surface area contributed by atoms with Crippen molar-refractivity contribution in [2.45, 2.75) is 25.7 Å². The molecule has 8 nitrogen and oxygen atoms in total. The van der Waals surface area contributed by atoms with Gasteiger partial charge in [0.1, 0.15) is 11.3 Å². The molecule has 3 heterocycles. The van der Waals surface area contributed by atoms with Gasteiger partial charge in [-0.15, -0.1) is 0 Å². The first-order valence-corrected chi connectivity index (χ1v) is 8.90. The number of pyridine rings is 1. The molecule has 2 aliphatic rings. The highest BCUT2D eigenvalue weighted by Gasteiger charge is 2.47. The molecule has 144 valence electrons. The number of aromatic nitrogens is 1. The van der Waals surface area contributed by atoms with E-state index >= 15 is 0 Å². The van der Waals surface area contributed by atoms with Crippen LogP contribution in [0, 0.1) is 6.92 Å². The highest BCUT2D eigenvalue weighted by molar-refractivity contribution is 6.05. The molecular weight excluding hydrogens is 362 g/mol. The van der Waals surface area contributed by atoms with Gasteiger partial charge < -0.3 is 25.5 Å². The van der Waals surface area contributed by atoms with Crippen molar-refractivity contribution < 1.29 is 19.1 Å². The molecular formula is C20H19N3O5. The summed E-state index contributed by atoms with van der Waals surface area (Å²) in [5.41, 5.74) is 7.67.